The molecule has 0 saturated carbocycles. The first-order valence-corrected chi connectivity index (χ1v) is 11.4. The molecule has 162 valence electrons. The number of hydrogen-bond acceptors (Lipinski definition) is 4. The first-order valence-electron chi connectivity index (χ1n) is 9.95. The van der Waals surface area contributed by atoms with Crippen LogP contribution in [0.3, 0.4) is 0 Å². The minimum Gasteiger partial charge on any atom is -0.489 e. The highest BCUT2D eigenvalue weighted by molar-refractivity contribution is 7.89. The summed E-state index contributed by atoms with van der Waals surface area (Å²) >= 11 is 0. The van der Waals surface area contributed by atoms with Crippen molar-refractivity contribution in [3.63, 3.8) is 0 Å². The Bertz CT molecular complexity index is 1130. The van der Waals surface area contributed by atoms with Gasteiger partial charge in [-0.1, -0.05) is 42.5 Å². The van der Waals surface area contributed by atoms with Gasteiger partial charge >= 0.3 is 0 Å². The standard InChI is InChI=1S/C24H26N2O4S/c1-18(2)30-23-12-8-7-11-22(23)25-24(27)20-15-13-19(14-16-20)17-26(3)31(28,29)21-9-5-4-6-10-21/h4-16,18H,17H2,1-3H3,(H,25,27). The molecule has 0 saturated heterocycles. The molecule has 0 aliphatic heterocycles. The van der Waals surface area contributed by atoms with Crippen molar-refractivity contribution in [3.05, 3.63) is 90.0 Å². The van der Waals surface area contributed by atoms with Crippen molar-refractivity contribution in [2.45, 2.75) is 31.4 Å². The number of nitrogens with zero attached hydrogens (tertiary/aromatic N) is 1. The fourth-order valence-electron chi connectivity index (χ4n) is 3.00. The van der Waals surface area contributed by atoms with E-state index in [0.29, 0.717) is 17.0 Å². The van der Waals surface area contributed by atoms with Crippen molar-refractivity contribution in [3.8, 4) is 5.75 Å². The third-order valence-corrected chi connectivity index (χ3v) is 6.39. The van der Waals surface area contributed by atoms with E-state index in [0.717, 1.165) is 5.56 Å². The van der Waals surface area contributed by atoms with Crippen LogP contribution in [0.25, 0.3) is 0 Å². The van der Waals surface area contributed by atoms with Crippen LogP contribution in [-0.4, -0.2) is 31.8 Å². The lowest BCUT2D eigenvalue weighted by atomic mass is 10.1. The number of hydrogen-bond donors (Lipinski definition) is 1. The van der Waals surface area contributed by atoms with Crippen molar-refractivity contribution < 1.29 is 17.9 Å². The number of carbonyl (C=O) groups excluding carboxylic acids is 1. The maximum atomic E-state index is 12.7. The second-order valence-electron chi connectivity index (χ2n) is 7.39. The van der Waals surface area contributed by atoms with Gasteiger partial charge < -0.3 is 10.1 Å². The summed E-state index contributed by atoms with van der Waals surface area (Å²) in [6, 6.07) is 22.4. The fraction of sp³-hybridized carbons (Fsp3) is 0.208. The molecule has 0 aromatic heterocycles. The summed E-state index contributed by atoms with van der Waals surface area (Å²) in [5.74, 6) is 0.340. The van der Waals surface area contributed by atoms with Gasteiger partial charge in [0.15, 0.2) is 0 Å². The lowest BCUT2D eigenvalue weighted by molar-refractivity contribution is 0.102. The average molecular weight is 439 g/mol. The van der Waals surface area contributed by atoms with Crippen LogP contribution in [-0.2, 0) is 16.6 Å². The van der Waals surface area contributed by atoms with Crippen molar-refractivity contribution >= 4 is 21.6 Å². The molecular formula is C24H26N2O4S. The van der Waals surface area contributed by atoms with Crippen LogP contribution in [0.4, 0.5) is 5.69 Å². The van der Waals surface area contributed by atoms with Gasteiger partial charge in [-0.2, -0.15) is 4.31 Å². The molecule has 6 nitrogen and oxygen atoms in total. The highest BCUT2D eigenvalue weighted by Gasteiger charge is 2.20. The van der Waals surface area contributed by atoms with E-state index in [9.17, 15) is 13.2 Å². The summed E-state index contributed by atoms with van der Waals surface area (Å²) < 4.78 is 32.4. The number of benzene rings is 3. The molecule has 0 spiro atoms. The van der Waals surface area contributed by atoms with Crippen molar-refractivity contribution in [1.29, 1.82) is 0 Å². The molecule has 31 heavy (non-hydrogen) atoms. The Morgan fingerprint density at radius 2 is 1.55 bits per heavy atom. The second kappa shape index (κ2) is 9.76. The maximum absolute atomic E-state index is 12.7. The van der Waals surface area contributed by atoms with E-state index in [2.05, 4.69) is 5.32 Å². The fourth-order valence-corrected chi connectivity index (χ4v) is 4.18. The van der Waals surface area contributed by atoms with E-state index in [1.54, 1.807) is 60.7 Å². The van der Waals surface area contributed by atoms with Gasteiger partial charge in [-0.3, -0.25) is 4.79 Å². The van der Waals surface area contributed by atoms with E-state index in [1.165, 1.54) is 11.4 Å². The minimum absolute atomic E-state index is 0.0125. The van der Waals surface area contributed by atoms with Gasteiger partial charge in [0.25, 0.3) is 5.91 Å². The Labute approximate surface area is 183 Å². The van der Waals surface area contributed by atoms with Crippen LogP contribution >= 0.6 is 0 Å². The lowest BCUT2D eigenvalue weighted by Gasteiger charge is -2.17. The van der Waals surface area contributed by atoms with Crippen molar-refractivity contribution in [2.24, 2.45) is 0 Å². The summed E-state index contributed by atoms with van der Waals surface area (Å²) in [6.45, 7) is 4.04. The molecule has 0 unspecified atom stereocenters. The highest BCUT2D eigenvalue weighted by atomic mass is 32.2. The summed E-state index contributed by atoms with van der Waals surface area (Å²) in [4.78, 5) is 12.9. The molecule has 0 bridgehead atoms. The van der Waals surface area contributed by atoms with Crippen LogP contribution in [0.2, 0.25) is 0 Å². The molecule has 3 aromatic carbocycles. The summed E-state index contributed by atoms with van der Waals surface area (Å²) in [5.41, 5.74) is 1.85. The quantitative estimate of drug-likeness (QED) is 0.560. The Morgan fingerprint density at radius 3 is 2.19 bits per heavy atom. The van der Waals surface area contributed by atoms with Gasteiger partial charge in [0.2, 0.25) is 10.0 Å². The molecular weight excluding hydrogens is 412 g/mol. The van der Waals surface area contributed by atoms with Crippen LogP contribution in [0.1, 0.15) is 29.8 Å². The van der Waals surface area contributed by atoms with Crippen molar-refractivity contribution in [1.82, 2.24) is 4.31 Å². The molecule has 3 rings (SSSR count). The molecule has 1 amide bonds. The Hall–Kier alpha value is -3.16. The zero-order valence-corrected chi connectivity index (χ0v) is 18.6. The molecule has 0 aliphatic carbocycles. The normalized spacial score (nSPS) is 11.5. The topological polar surface area (TPSA) is 75.7 Å². The largest absolute Gasteiger partial charge is 0.489 e. The molecule has 3 aromatic rings. The molecule has 0 atom stereocenters. The van der Waals surface area contributed by atoms with Crippen LogP contribution in [0, 0.1) is 0 Å². The highest BCUT2D eigenvalue weighted by Crippen LogP contribution is 2.25. The van der Waals surface area contributed by atoms with Gasteiger partial charge in [-0.15, -0.1) is 0 Å². The molecule has 0 fully saturated rings. The van der Waals surface area contributed by atoms with Crippen LogP contribution in [0.15, 0.2) is 83.8 Å². The number of rotatable bonds is 8. The smallest absolute Gasteiger partial charge is 0.255 e. The first-order chi connectivity index (χ1) is 14.8. The van der Waals surface area contributed by atoms with Crippen molar-refractivity contribution in [2.75, 3.05) is 12.4 Å². The summed E-state index contributed by atoms with van der Waals surface area (Å²) in [6.07, 6.45) is -0.0125. The zero-order valence-electron chi connectivity index (χ0n) is 17.8. The van der Waals surface area contributed by atoms with Crippen LogP contribution in [0.5, 0.6) is 5.75 Å². The second-order valence-corrected chi connectivity index (χ2v) is 9.43. The van der Waals surface area contributed by atoms with Gasteiger partial charge in [-0.25, -0.2) is 8.42 Å². The third-order valence-electron chi connectivity index (χ3n) is 4.57. The molecule has 7 heteroatoms. The SMILES string of the molecule is CC(C)Oc1ccccc1NC(=O)c1ccc(CN(C)S(=O)(=O)c2ccccc2)cc1. The number of sulfonamides is 1. The number of anilines is 1. The predicted octanol–water partition coefficient (Wildman–Crippen LogP) is 4.55. The molecule has 0 radical (unpaired) electrons. The van der Waals surface area contributed by atoms with Gasteiger partial charge in [-0.05, 0) is 55.8 Å². The average Bonchev–Trinajstić information content (AvgIpc) is 2.76. The number of para-hydroxylation sites is 2. The van der Waals surface area contributed by atoms with E-state index in [4.69, 9.17) is 4.74 Å². The maximum Gasteiger partial charge on any atom is 0.255 e. The van der Waals surface area contributed by atoms with Crippen LogP contribution < -0.4 is 10.1 Å². The van der Waals surface area contributed by atoms with E-state index >= 15 is 0 Å². The van der Waals surface area contributed by atoms with E-state index in [1.807, 2.05) is 32.0 Å². The third kappa shape index (κ3) is 5.71. The monoisotopic (exact) mass is 438 g/mol. The summed E-state index contributed by atoms with van der Waals surface area (Å²) in [7, 11) is -2.04. The summed E-state index contributed by atoms with van der Waals surface area (Å²) in [5, 5.41) is 2.87. The van der Waals surface area contributed by atoms with Gasteiger partial charge in [0, 0.05) is 19.2 Å². The number of amides is 1. The Kier molecular flexibility index (Phi) is 7.09. The number of ether oxygens (including phenoxy) is 1. The number of nitrogens with one attached hydrogen (secondary N) is 1. The Balaban J connectivity index is 1.68. The van der Waals surface area contributed by atoms with E-state index in [-0.39, 0.29) is 23.5 Å². The van der Waals surface area contributed by atoms with Gasteiger partial charge in [0.05, 0.1) is 16.7 Å². The molecule has 0 aliphatic rings. The molecule has 1 N–H and O–H groups in total. The minimum atomic E-state index is -3.58. The van der Waals surface area contributed by atoms with Gasteiger partial charge in [0.1, 0.15) is 5.75 Å². The number of carbonyl (C=O) groups is 1. The first kappa shape index (κ1) is 22.5. The Morgan fingerprint density at radius 1 is 0.935 bits per heavy atom. The molecule has 0 heterocycles. The zero-order chi connectivity index (χ0) is 22.4. The van der Waals surface area contributed by atoms with E-state index < -0.39 is 10.0 Å². The predicted molar refractivity (Wildman–Crippen MR) is 122 cm³/mol. The lowest BCUT2D eigenvalue weighted by Crippen LogP contribution is -2.26.